The number of rotatable bonds is 2. The monoisotopic (exact) mass is 656 g/mol. The Kier molecular flexibility index (Phi) is 5.32. The lowest BCUT2D eigenvalue weighted by molar-refractivity contribution is -0.301. The fourth-order valence-corrected chi connectivity index (χ4v) is 8.10. The van der Waals surface area contributed by atoms with Gasteiger partial charge in [-0.05, 0) is 57.9 Å². The lowest BCUT2D eigenvalue weighted by Crippen LogP contribution is -2.43. The number of aromatic nitrogens is 2. The van der Waals surface area contributed by atoms with Crippen molar-refractivity contribution in [3.05, 3.63) is 145 Å². The van der Waals surface area contributed by atoms with Gasteiger partial charge in [-0.15, -0.1) is 0 Å². The highest BCUT2D eigenvalue weighted by molar-refractivity contribution is 6.24. The molecule has 2 nitrogen and oxygen atoms in total. The summed E-state index contributed by atoms with van der Waals surface area (Å²) in [7, 11) is 0. The predicted octanol–water partition coefficient (Wildman–Crippen LogP) is 12.0. The molecule has 8 heteroatoms. The zero-order chi connectivity index (χ0) is 33.4. The lowest BCUT2D eigenvalue weighted by atomic mass is 9.91. The zero-order valence-corrected chi connectivity index (χ0v) is 25.4. The first-order valence-corrected chi connectivity index (χ1v) is 15.8. The Hall–Kier alpha value is -5.76. The average Bonchev–Trinajstić information content (AvgIpc) is 3.67. The molecule has 2 heterocycles. The van der Waals surface area contributed by atoms with E-state index in [0.29, 0.717) is 5.69 Å². The minimum atomic E-state index is -5.62. The first-order chi connectivity index (χ1) is 23.6. The van der Waals surface area contributed by atoms with Gasteiger partial charge in [0.05, 0.1) is 22.1 Å². The summed E-state index contributed by atoms with van der Waals surface area (Å²) in [4.78, 5) is 0. The van der Waals surface area contributed by atoms with Crippen molar-refractivity contribution in [3.8, 4) is 11.4 Å². The van der Waals surface area contributed by atoms with Crippen molar-refractivity contribution in [1.82, 2.24) is 9.13 Å². The van der Waals surface area contributed by atoms with Crippen LogP contribution in [0.15, 0.2) is 133 Å². The van der Waals surface area contributed by atoms with Gasteiger partial charge in [-0.3, -0.25) is 0 Å². The molecule has 0 atom stereocenters. The molecule has 1 aliphatic rings. The maximum Gasteiger partial charge on any atom is 0.380 e. The topological polar surface area (TPSA) is 9.86 Å². The van der Waals surface area contributed by atoms with Crippen molar-refractivity contribution >= 4 is 65.2 Å². The number of alkyl halides is 6. The molecule has 0 bridgehead atoms. The van der Waals surface area contributed by atoms with Crippen LogP contribution in [-0.4, -0.2) is 15.1 Å². The van der Waals surface area contributed by atoms with E-state index in [9.17, 15) is 0 Å². The van der Waals surface area contributed by atoms with Gasteiger partial charge in [0.25, 0.3) is 0 Å². The first kappa shape index (κ1) is 28.3. The van der Waals surface area contributed by atoms with Crippen molar-refractivity contribution in [2.45, 2.75) is 17.8 Å². The van der Waals surface area contributed by atoms with Crippen LogP contribution >= 0.6 is 0 Å². The highest BCUT2D eigenvalue weighted by atomic mass is 19.3. The third-order valence-corrected chi connectivity index (χ3v) is 10.2. The Labute approximate surface area is 274 Å². The normalized spacial score (nSPS) is 16.4. The van der Waals surface area contributed by atoms with Crippen LogP contribution in [0.25, 0.3) is 76.5 Å². The second-order valence-electron chi connectivity index (χ2n) is 12.6. The molecule has 238 valence electrons. The van der Waals surface area contributed by atoms with E-state index in [0.717, 1.165) is 49.3 Å². The second kappa shape index (κ2) is 9.23. The number of halogens is 6. The van der Waals surface area contributed by atoms with Gasteiger partial charge in [0.1, 0.15) is 0 Å². The van der Waals surface area contributed by atoms with E-state index < -0.39 is 28.9 Å². The third kappa shape index (κ3) is 3.33. The van der Waals surface area contributed by atoms with Gasteiger partial charge in [0, 0.05) is 44.0 Å². The Morgan fingerprint density at radius 3 is 1.37 bits per heavy atom. The Bertz CT molecular complexity index is 2860. The van der Waals surface area contributed by atoms with Crippen LogP contribution in [0.1, 0.15) is 11.1 Å². The summed E-state index contributed by atoms with van der Waals surface area (Å²) in [5, 5.41) is 3.47. The van der Waals surface area contributed by atoms with Gasteiger partial charge in [-0.2, -0.15) is 26.3 Å². The standard InChI is InChI=1S/C41H22F6N2/c42-39(43)35-29-15-5-4-12-25(29)26-19-18-24(22-32(26)36(35)40(44,45)41(39,46)47)49-34-17-9-7-14-28(34)31-21-20-30-27-13-6-8-16-33(27)48(37(30)38(31)49)23-10-2-1-3-11-23/h1-22H. The van der Waals surface area contributed by atoms with Gasteiger partial charge >= 0.3 is 17.8 Å². The summed E-state index contributed by atoms with van der Waals surface area (Å²) in [6.45, 7) is 0. The molecule has 10 rings (SSSR count). The van der Waals surface area contributed by atoms with E-state index in [4.69, 9.17) is 0 Å². The minimum Gasteiger partial charge on any atom is -0.307 e. The lowest BCUT2D eigenvalue weighted by Gasteiger charge is -2.23. The molecule has 0 fully saturated rings. The van der Waals surface area contributed by atoms with Crippen molar-refractivity contribution < 1.29 is 26.3 Å². The van der Waals surface area contributed by atoms with Crippen LogP contribution in [0.2, 0.25) is 0 Å². The molecule has 49 heavy (non-hydrogen) atoms. The highest BCUT2D eigenvalue weighted by Gasteiger charge is 2.80. The Balaban J connectivity index is 1.41. The van der Waals surface area contributed by atoms with E-state index in [2.05, 4.69) is 10.6 Å². The molecule has 0 amide bonds. The summed E-state index contributed by atoms with van der Waals surface area (Å²) in [5.74, 6) is -15.8. The summed E-state index contributed by atoms with van der Waals surface area (Å²) in [5.41, 5.74) is 1.95. The molecule has 0 N–H and O–H groups in total. The van der Waals surface area contributed by atoms with Crippen molar-refractivity contribution in [3.63, 3.8) is 0 Å². The molecule has 2 aromatic heterocycles. The highest BCUT2D eigenvalue weighted by Crippen LogP contribution is 2.66. The zero-order valence-electron chi connectivity index (χ0n) is 25.4. The number of benzene rings is 7. The van der Waals surface area contributed by atoms with E-state index in [1.807, 2.05) is 89.5 Å². The number of nitrogens with zero attached hydrogens (tertiary/aromatic N) is 2. The molecule has 0 aliphatic heterocycles. The maximum absolute atomic E-state index is 15.8. The van der Waals surface area contributed by atoms with Crippen LogP contribution < -0.4 is 0 Å². The summed E-state index contributed by atoms with van der Waals surface area (Å²) in [6, 6.07) is 40.0. The largest absolute Gasteiger partial charge is 0.380 e. The van der Waals surface area contributed by atoms with Crippen molar-refractivity contribution in [2.75, 3.05) is 0 Å². The summed E-state index contributed by atoms with van der Waals surface area (Å²) >= 11 is 0. The van der Waals surface area contributed by atoms with Crippen molar-refractivity contribution in [1.29, 1.82) is 0 Å². The van der Waals surface area contributed by atoms with E-state index >= 15 is 26.3 Å². The quantitative estimate of drug-likeness (QED) is 0.129. The van der Waals surface area contributed by atoms with E-state index in [1.54, 1.807) is 18.2 Å². The minimum absolute atomic E-state index is 0.190. The molecule has 0 unspecified atom stereocenters. The fourth-order valence-electron chi connectivity index (χ4n) is 8.10. The number of hydrogen-bond acceptors (Lipinski definition) is 0. The molecule has 0 radical (unpaired) electrons. The fraction of sp³-hybridized carbons (Fsp3) is 0.0732. The average molecular weight is 657 g/mol. The third-order valence-electron chi connectivity index (χ3n) is 10.2. The van der Waals surface area contributed by atoms with E-state index in [-0.39, 0.29) is 21.5 Å². The molecule has 9 aromatic rings. The second-order valence-corrected chi connectivity index (χ2v) is 12.6. The molecule has 1 aliphatic carbocycles. The van der Waals surface area contributed by atoms with Gasteiger partial charge < -0.3 is 9.13 Å². The smallest absolute Gasteiger partial charge is 0.307 e. The van der Waals surface area contributed by atoms with Crippen LogP contribution in [-0.2, 0) is 11.8 Å². The Morgan fingerprint density at radius 1 is 0.347 bits per heavy atom. The molecular weight excluding hydrogens is 634 g/mol. The summed E-state index contributed by atoms with van der Waals surface area (Å²) < 4.78 is 96.9. The molecule has 0 spiro atoms. The SMILES string of the molecule is FC1(F)c2c(c3cc(-n4c5ccccc5c5ccc6c7ccccc7n(-c7ccccc7)c6c54)ccc3c3ccccc23)C(F)(F)C1(F)F. The molecule has 0 saturated carbocycles. The van der Waals surface area contributed by atoms with Crippen molar-refractivity contribution in [2.24, 2.45) is 0 Å². The molecular formula is C41H22F6N2. The van der Waals surface area contributed by atoms with Gasteiger partial charge in [-0.25, -0.2) is 0 Å². The van der Waals surface area contributed by atoms with Gasteiger partial charge in [0.15, 0.2) is 0 Å². The van der Waals surface area contributed by atoms with Gasteiger partial charge in [-0.1, -0.05) is 97.1 Å². The van der Waals surface area contributed by atoms with Crippen LogP contribution in [0, 0.1) is 0 Å². The molecule has 7 aromatic carbocycles. The number of hydrogen-bond donors (Lipinski definition) is 0. The van der Waals surface area contributed by atoms with Gasteiger partial charge in [0.2, 0.25) is 0 Å². The predicted molar refractivity (Wildman–Crippen MR) is 183 cm³/mol. The summed E-state index contributed by atoms with van der Waals surface area (Å²) in [6.07, 6.45) is 0. The van der Waals surface area contributed by atoms with Crippen LogP contribution in [0.5, 0.6) is 0 Å². The first-order valence-electron chi connectivity index (χ1n) is 15.8. The Morgan fingerprint density at radius 2 is 0.776 bits per heavy atom. The van der Waals surface area contributed by atoms with Crippen LogP contribution in [0.4, 0.5) is 26.3 Å². The number of fused-ring (bicyclic) bond motifs is 13. The van der Waals surface area contributed by atoms with Crippen LogP contribution in [0.3, 0.4) is 0 Å². The number of para-hydroxylation sites is 3. The maximum atomic E-state index is 15.8. The van der Waals surface area contributed by atoms with E-state index in [1.165, 1.54) is 24.3 Å². The molecule has 0 saturated heterocycles.